The molecule has 0 bridgehead atoms. The number of methoxy groups -OCH3 is 1. The highest BCUT2D eigenvalue weighted by molar-refractivity contribution is 7.92. The van der Waals surface area contributed by atoms with E-state index in [0.29, 0.717) is 17.9 Å². The fourth-order valence-corrected chi connectivity index (χ4v) is 6.55. The molecular formula is C32H39N3O5S. The minimum atomic E-state index is -4.11. The predicted molar refractivity (Wildman–Crippen MR) is 160 cm³/mol. The van der Waals surface area contributed by atoms with Crippen molar-refractivity contribution < 1.29 is 22.7 Å². The number of nitrogens with one attached hydrogen (secondary N) is 1. The number of hydrogen-bond acceptors (Lipinski definition) is 5. The van der Waals surface area contributed by atoms with Crippen molar-refractivity contribution in [1.82, 2.24) is 10.2 Å². The summed E-state index contributed by atoms with van der Waals surface area (Å²) in [7, 11) is -2.61. The standard InChI is InChI=1S/C32H39N3O5S/c1-25(32(37)33-27-14-8-4-9-15-27)34(23-22-26-12-6-3-7-13-26)31(36)24-35(28-16-10-5-11-17-28)41(38,39)30-20-18-29(40-2)19-21-30/h3,5-7,10-13,16-21,25,27H,4,8-9,14-15,22-24H2,1-2H3,(H,33,37)/t25-/m0/s1. The third kappa shape index (κ3) is 7.88. The minimum Gasteiger partial charge on any atom is -0.497 e. The van der Waals surface area contributed by atoms with Crippen molar-refractivity contribution in [3.63, 3.8) is 0 Å². The van der Waals surface area contributed by atoms with Crippen LogP contribution in [0, 0.1) is 0 Å². The van der Waals surface area contributed by atoms with Crippen molar-refractivity contribution in [2.75, 3.05) is 24.5 Å². The second kappa shape index (κ2) is 14.2. The Bertz CT molecular complexity index is 1380. The number of amides is 2. The molecule has 0 heterocycles. The van der Waals surface area contributed by atoms with Crippen LogP contribution >= 0.6 is 0 Å². The number of hydrogen-bond donors (Lipinski definition) is 1. The van der Waals surface area contributed by atoms with E-state index in [2.05, 4.69) is 5.32 Å². The molecule has 1 saturated carbocycles. The molecule has 0 aliphatic heterocycles. The van der Waals surface area contributed by atoms with Crippen molar-refractivity contribution in [3.05, 3.63) is 90.5 Å². The first-order valence-electron chi connectivity index (χ1n) is 14.1. The molecule has 9 heteroatoms. The van der Waals surface area contributed by atoms with Gasteiger partial charge in [0.1, 0.15) is 18.3 Å². The number of nitrogens with zero attached hydrogens (tertiary/aromatic N) is 2. The van der Waals surface area contributed by atoms with Crippen LogP contribution in [0.25, 0.3) is 0 Å². The summed E-state index contributed by atoms with van der Waals surface area (Å²) in [5.74, 6) is -0.146. The summed E-state index contributed by atoms with van der Waals surface area (Å²) in [5, 5.41) is 3.13. The Balaban J connectivity index is 1.61. The number of carbonyl (C=O) groups excluding carboxylic acids is 2. The zero-order valence-corrected chi connectivity index (χ0v) is 24.6. The maximum absolute atomic E-state index is 14.0. The molecule has 0 unspecified atom stereocenters. The number of sulfonamides is 1. The van der Waals surface area contributed by atoms with Gasteiger partial charge in [-0.1, -0.05) is 67.8 Å². The van der Waals surface area contributed by atoms with Crippen LogP contribution in [0.5, 0.6) is 5.75 Å². The lowest BCUT2D eigenvalue weighted by atomic mass is 9.95. The van der Waals surface area contributed by atoms with Crippen LogP contribution in [0.15, 0.2) is 89.8 Å². The van der Waals surface area contributed by atoms with Gasteiger partial charge in [0.15, 0.2) is 0 Å². The molecule has 41 heavy (non-hydrogen) atoms. The first-order valence-corrected chi connectivity index (χ1v) is 15.6. The molecule has 1 N–H and O–H groups in total. The number of anilines is 1. The molecule has 2 amide bonds. The van der Waals surface area contributed by atoms with Crippen molar-refractivity contribution in [2.24, 2.45) is 0 Å². The molecule has 1 aliphatic carbocycles. The Hall–Kier alpha value is -3.85. The van der Waals surface area contributed by atoms with Gasteiger partial charge in [-0.15, -0.1) is 0 Å². The maximum Gasteiger partial charge on any atom is 0.264 e. The van der Waals surface area contributed by atoms with E-state index >= 15 is 0 Å². The van der Waals surface area contributed by atoms with Gasteiger partial charge in [0, 0.05) is 12.6 Å². The van der Waals surface area contributed by atoms with Gasteiger partial charge in [-0.3, -0.25) is 13.9 Å². The van der Waals surface area contributed by atoms with Crippen LogP contribution in [0.2, 0.25) is 0 Å². The molecule has 3 aromatic rings. The lowest BCUT2D eigenvalue weighted by Crippen LogP contribution is -2.53. The van der Waals surface area contributed by atoms with Crippen molar-refractivity contribution in [3.8, 4) is 5.75 Å². The lowest BCUT2D eigenvalue weighted by molar-refractivity contribution is -0.139. The number of rotatable bonds is 12. The number of carbonyl (C=O) groups is 2. The zero-order valence-electron chi connectivity index (χ0n) is 23.7. The molecule has 3 aromatic carbocycles. The first-order chi connectivity index (χ1) is 19.8. The van der Waals surface area contributed by atoms with E-state index in [-0.39, 0.29) is 23.4 Å². The van der Waals surface area contributed by atoms with E-state index < -0.39 is 28.5 Å². The molecular weight excluding hydrogens is 538 g/mol. The molecule has 0 aromatic heterocycles. The van der Waals surface area contributed by atoms with E-state index in [1.807, 2.05) is 30.3 Å². The Morgan fingerprint density at radius 3 is 2.12 bits per heavy atom. The van der Waals surface area contributed by atoms with Crippen molar-refractivity contribution in [2.45, 2.75) is 62.4 Å². The first kappa shape index (κ1) is 30.1. The minimum absolute atomic E-state index is 0.0360. The van der Waals surface area contributed by atoms with E-state index in [4.69, 9.17) is 4.74 Å². The van der Waals surface area contributed by atoms with Gasteiger partial charge in [0.05, 0.1) is 17.7 Å². The Morgan fingerprint density at radius 1 is 0.902 bits per heavy atom. The summed E-state index contributed by atoms with van der Waals surface area (Å²) < 4.78 is 34.0. The molecule has 1 aliphatic rings. The quantitative estimate of drug-likeness (QED) is 0.334. The molecule has 1 fully saturated rings. The van der Waals surface area contributed by atoms with Crippen LogP contribution in [0.4, 0.5) is 5.69 Å². The average molecular weight is 578 g/mol. The average Bonchev–Trinajstić information content (AvgIpc) is 3.01. The fraction of sp³-hybridized carbons (Fsp3) is 0.375. The van der Waals surface area contributed by atoms with Gasteiger partial charge < -0.3 is 15.0 Å². The topological polar surface area (TPSA) is 96.0 Å². The van der Waals surface area contributed by atoms with Gasteiger partial charge in [-0.05, 0) is 68.1 Å². The van der Waals surface area contributed by atoms with Gasteiger partial charge in [0.2, 0.25) is 11.8 Å². The highest BCUT2D eigenvalue weighted by atomic mass is 32.2. The molecule has 0 saturated heterocycles. The smallest absolute Gasteiger partial charge is 0.264 e. The number of para-hydroxylation sites is 1. The second-order valence-electron chi connectivity index (χ2n) is 10.4. The lowest BCUT2D eigenvalue weighted by Gasteiger charge is -2.33. The van der Waals surface area contributed by atoms with Crippen molar-refractivity contribution >= 4 is 27.5 Å². The monoisotopic (exact) mass is 577 g/mol. The third-order valence-corrected chi connectivity index (χ3v) is 9.36. The predicted octanol–water partition coefficient (Wildman–Crippen LogP) is 4.80. The number of benzene rings is 3. The molecule has 1 atom stereocenters. The Morgan fingerprint density at radius 2 is 1.51 bits per heavy atom. The van der Waals surface area contributed by atoms with Gasteiger partial charge in [-0.2, -0.15) is 0 Å². The summed E-state index contributed by atoms with van der Waals surface area (Å²) in [5.41, 5.74) is 1.38. The van der Waals surface area contributed by atoms with E-state index in [1.165, 1.54) is 30.6 Å². The van der Waals surface area contributed by atoms with Crippen molar-refractivity contribution in [1.29, 1.82) is 0 Å². The maximum atomic E-state index is 14.0. The highest BCUT2D eigenvalue weighted by Gasteiger charge is 2.33. The summed E-state index contributed by atoms with van der Waals surface area (Å²) in [6.07, 6.45) is 5.71. The van der Waals surface area contributed by atoms with Crippen LogP contribution in [-0.2, 0) is 26.0 Å². The van der Waals surface area contributed by atoms with Gasteiger partial charge in [-0.25, -0.2) is 8.42 Å². The molecule has 0 radical (unpaired) electrons. The Labute approximate surface area is 243 Å². The van der Waals surface area contributed by atoms with E-state index in [1.54, 1.807) is 49.4 Å². The van der Waals surface area contributed by atoms with Crippen LogP contribution in [0.1, 0.15) is 44.6 Å². The third-order valence-electron chi connectivity index (χ3n) is 7.57. The Kier molecular flexibility index (Phi) is 10.4. The summed E-state index contributed by atoms with van der Waals surface area (Å²) >= 11 is 0. The van der Waals surface area contributed by atoms with Gasteiger partial charge in [0.25, 0.3) is 10.0 Å². The van der Waals surface area contributed by atoms with Crippen LogP contribution in [0.3, 0.4) is 0 Å². The summed E-state index contributed by atoms with van der Waals surface area (Å²) in [6, 6.07) is 23.7. The van der Waals surface area contributed by atoms with Gasteiger partial charge >= 0.3 is 0 Å². The van der Waals surface area contributed by atoms with Crippen LogP contribution in [-0.4, -0.2) is 57.4 Å². The normalized spacial score (nSPS) is 14.6. The number of ether oxygens (including phenoxy) is 1. The molecule has 4 rings (SSSR count). The highest BCUT2D eigenvalue weighted by Crippen LogP contribution is 2.26. The SMILES string of the molecule is COc1ccc(S(=O)(=O)N(CC(=O)N(CCc2ccccc2)[C@@H](C)C(=O)NC2CCCCC2)c2ccccc2)cc1. The molecule has 0 spiro atoms. The summed E-state index contributed by atoms with van der Waals surface area (Å²) in [4.78, 5) is 28.9. The summed E-state index contributed by atoms with van der Waals surface area (Å²) in [6.45, 7) is 1.54. The molecule has 8 nitrogen and oxygen atoms in total. The zero-order chi connectivity index (χ0) is 29.2. The van der Waals surface area contributed by atoms with E-state index in [0.717, 1.165) is 35.6 Å². The van der Waals surface area contributed by atoms with E-state index in [9.17, 15) is 18.0 Å². The largest absolute Gasteiger partial charge is 0.497 e. The second-order valence-corrected chi connectivity index (χ2v) is 12.2. The fourth-order valence-electron chi connectivity index (χ4n) is 5.14. The van der Waals surface area contributed by atoms with Crippen LogP contribution < -0.4 is 14.4 Å². The molecule has 218 valence electrons.